The average molecular weight is 311 g/mol. The zero-order chi connectivity index (χ0) is 3.58. The van der Waals surface area contributed by atoms with Crippen LogP contribution in [-0.2, 0) is 0 Å². The summed E-state index contributed by atoms with van der Waals surface area (Å²) in [7, 11) is -2.17. The molecule has 3 N–H and O–H groups in total. The van der Waals surface area contributed by atoms with Gasteiger partial charge in [0.05, 0.1) is 0 Å². The molecule has 7 heteroatoms. The Labute approximate surface area is 132 Å². The molecular weight excluding hydrogens is 305 g/mol. The molecule has 0 saturated heterocycles. The van der Waals surface area contributed by atoms with Crippen LogP contribution in [0.3, 0.4) is 0 Å². The van der Waals surface area contributed by atoms with E-state index in [9.17, 15) is 0 Å². The van der Waals surface area contributed by atoms with Gasteiger partial charge < -0.3 is 15.1 Å². The van der Waals surface area contributed by atoms with Crippen molar-refractivity contribution in [3.8, 4) is 0 Å². The molecule has 0 atom stereocenters. The quantitative estimate of drug-likeness (QED) is 0.405. The topological polar surface area (TPSA) is 60.7 Å². The number of hydrogen-bond donors (Lipinski definition) is 3. The minimum absolute atomic E-state index is 0. The maximum atomic E-state index is 7.17. The van der Waals surface area contributed by atoms with Gasteiger partial charge in [-0.2, -0.15) is 0 Å². The Morgan fingerprint density at radius 3 is 1.00 bits per heavy atom. The molecule has 0 amide bonds. The first kappa shape index (κ1) is 22.4. The van der Waals surface area contributed by atoms with Gasteiger partial charge in [-0.25, -0.2) is 0 Å². The monoisotopic (exact) mass is 313 g/mol. The third-order valence-corrected chi connectivity index (χ3v) is 0. The summed E-state index contributed by atoms with van der Waals surface area (Å²) in [5.74, 6) is 0. The van der Waals surface area contributed by atoms with Crippen LogP contribution in [-0.4, -0.2) is 86.7 Å². The third-order valence-electron chi connectivity index (χ3n) is 0. The van der Waals surface area contributed by atoms with E-state index in [4.69, 9.17) is 15.1 Å². The van der Waals surface area contributed by atoms with E-state index in [0.717, 1.165) is 0 Å². The van der Waals surface area contributed by atoms with E-state index in [-0.39, 0.29) is 114 Å². The average Bonchev–Trinajstić information content (AvgIpc) is 0.811. The van der Waals surface area contributed by atoms with Crippen molar-refractivity contribution in [2.24, 2.45) is 0 Å². The summed E-state index contributed by atoms with van der Waals surface area (Å²) in [4.78, 5) is 0. The summed E-state index contributed by atoms with van der Waals surface area (Å²) in [5, 5.41) is 21.5. The van der Waals surface area contributed by atoms with Gasteiger partial charge >= 0.3 is 71.7 Å². The van der Waals surface area contributed by atoms with Crippen LogP contribution in [0.2, 0.25) is 0 Å². The fourth-order valence-corrected chi connectivity index (χ4v) is 0. The molecule has 7 heavy (non-hydrogen) atoms. The van der Waals surface area contributed by atoms with Crippen molar-refractivity contribution in [3.63, 3.8) is 0 Å². The molecule has 0 aromatic heterocycles. The third kappa shape index (κ3) is 42.7. The summed E-state index contributed by atoms with van der Waals surface area (Å²) in [6, 6.07) is 0. The Kier molecular flexibility index (Phi) is 52.2. The first-order valence-electron chi connectivity index (χ1n) is 0.775. The Bertz CT molecular complexity index is 19.7. The van der Waals surface area contributed by atoms with Crippen molar-refractivity contribution < 1.29 is 64.4 Å². The Balaban J connectivity index is -0.0000000150. The van der Waals surface area contributed by atoms with Crippen LogP contribution in [0, 0.1) is 49.4 Å². The van der Waals surface area contributed by atoms with Gasteiger partial charge in [0.25, 0.3) is 0 Å². The standard InChI is InChI=1S/BH3O3.Eu.Li.Sr.3H/c2-1(3)4;;;;;;/h2-4H;;;;;;. The van der Waals surface area contributed by atoms with Crippen LogP contribution in [0.15, 0.2) is 0 Å². The first-order chi connectivity index (χ1) is 1.73. The van der Waals surface area contributed by atoms with Crippen molar-refractivity contribution in [2.45, 2.75) is 0 Å². The molecule has 0 aliphatic carbocycles. The molecule has 0 bridgehead atoms. The van der Waals surface area contributed by atoms with Gasteiger partial charge in [0.2, 0.25) is 0 Å². The van der Waals surface area contributed by atoms with Crippen molar-refractivity contribution in [1.82, 2.24) is 0 Å². The molecule has 0 rings (SSSR count). The van der Waals surface area contributed by atoms with E-state index in [2.05, 4.69) is 0 Å². The van der Waals surface area contributed by atoms with Crippen LogP contribution in [0.1, 0.15) is 0 Å². The summed E-state index contributed by atoms with van der Waals surface area (Å²) >= 11 is 0. The Morgan fingerprint density at radius 1 is 1.00 bits per heavy atom. The molecule has 0 saturated carbocycles. The van der Waals surface area contributed by atoms with Crippen LogP contribution in [0.4, 0.5) is 0 Å². The molecule has 0 spiro atoms. The molecule has 3 nitrogen and oxygen atoms in total. The zero-order valence-electron chi connectivity index (χ0n) is 2.30. The van der Waals surface area contributed by atoms with Gasteiger partial charge in [-0.3, -0.25) is 0 Å². The minimum atomic E-state index is -2.17. The second-order valence-corrected chi connectivity index (χ2v) is 0.346. The summed E-state index contributed by atoms with van der Waals surface area (Å²) in [6.07, 6.45) is 0. The van der Waals surface area contributed by atoms with E-state index < -0.39 is 7.32 Å². The number of hydrogen-bond acceptors (Lipinski definition) is 3. The molecule has 1 radical (unpaired) electrons. The van der Waals surface area contributed by atoms with Crippen molar-refractivity contribution >= 4 is 71.7 Å². The van der Waals surface area contributed by atoms with E-state index in [1.54, 1.807) is 0 Å². The van der Waals surface area contributed by atoms with Gasteiger partial charge in [0, 0.05) is 49.4 Å². The van der Waals surface area contributed by atoms with Crippen molar-refractivity contribution in [1.29, 1.82) is 0 Å². The van der Waals surface area contributed by atoms with Crippen molar-refractivity contribution in [3.05, 3.63) is 0 Å². The fraction of sp³-hybridized carbons (Fsp3) is 0. The molecule has 0 heterocycles. The molecule has 0 unspecified atom stereocenters. The fourth-order valence-electron chi connectivity index (χ4n) is 0. The van der Waals surface area contributed by atoms with Gasteiger partial charge in [0.15, 0.2) is 0 Å². The van der Waals surface area contributed by atoms with Gasteiger partial charge in [-0.1, -0.05) is 0 Å². The van der Waals surface area contributed by atoms with Crippen LogP contribution >= 0.6 is 0 Å². The summed E-state index contributed by atoms with van der Waals surface area (Å²) in [6.45, 7) is 0. The molecule has 0 fully saturated rings. The second kappa shape index (κ2) is 16.3. The second-order valence-electron chi connectivity index (χ2n) is 0.346. The van der Waals surface area contributed by atoms with Crippen molar-refractivity contribution in [2.75, 3.05) is 0 Å². The van der Waals surface area contributed by atoms with E-state index >= 15 is 0 Å². The zero-order valence-corrected chi connectivity index (χ0v) is 4.72. The molecule has 0 aromatic rings. The van der Waals surface area contributed by atoms with Gasteiger partial charge in [0.1, 0.15) is 0 Å². The predicted molar refractivity (Wildman–Crippen MR) is 28.1 cm³/mol. The Morgan fingerprint density at radius 2 is 1.00 bits per heavy atom. The molecule has 0 aliphatic heterocycles. The van der Waals surface area contributed by atoms with E-state index in [1.165, 1.54) is 0 Å². The van der Waals surface area contributed by atoms with Crippen LogP contribution < -0.4 is 0 Å². The molecular formula is H6BEuLiO3Sr. The summed E-state index contributed by atoms with van der Waals surface area (Å²) < 4.78 is 0. The number of rotatable bonds is 0. The summed E-state index contributed by atoms with van der Waals surface area (Å²) in [5.41, 5.74) is 0. The molecule has 0 aliphatic rings. The van der Waals surface area contributed by atoms with Gasteiger partial charge in [-0.05, 0) is 0 Å². The predicted octanol–water partition coefficient (Wildman–Crippen LogP) is -3.62. The van der Waals surface area contributed by atoms with E-state index in [0.29, 0.717) is 0 Å². The van der Waals surface area contributed by atoms with E-state index in [1.807, 2.05) is 0 Å². The van der Waals surface area contributed by atoms with Crippen LogP contribution in [0.5, 0.6) is 0 Å². The normalized spacial score (nSPS) is 3.86. The Hall–Kier alpha value is 3.61. The van der Waals surface area contributed by atoms with Gasteiger partial charge in [-0.15, -0.1) is 0 Å². The van der Waals surface area contributed by atoms with Crippen LogP contribution in [0.25, 0.3) is 0 Å². The molecule has 0 aromatic carbocycles. The maximum absolute atomic E-state index is 7.17. The molecule has 37 valence electrons. The first-order valence-corrected chi connectivity index (χ1v) is 0.775. The SMILES string of the molecule is OB(O)O.[Eu].[LiH].[SrH2].